The third kappa shape index (κ3) is 5.29. The standard InChI is InChI=1S/C17H32N6O.HI/c1-7-8-9-24-14-10-13(17(14,2)3)21-16(18-4)22(5)11-15-19-12-20-23(15)6;/h12-14H,7-11H2,1-6H3,(H,18,21);1H. The molecule has 0 aliphatic heterocycles. The first kappa shape index (κ1) is 22.1. The Balaban J connectivity index is 0.00000312. The number of aliphatic imine (C=N–C) groups is 1. The van der Waals surface area contributed by atoms with Crippen molar-refractivity contribution in [1.29, 1.82) is 0 Å². The van der Waals surface area contributed by atoms with Crippen molar-refractivity contribution in [2.75, 3.05) is 20.7 Å². The molecule has 8 heteroatoms. The summed E-state index contributed by atoms with van der Waals surface area (Å²) in [5, 5.41) is 7.70. The van der Waals surface area contributed by atoms with Crippen molar-refractivity contribution >= 4 is 29.9 Å². The quantitative estimate of drug-likeness (QED) is 0.291. The Labute approximate surface area is 168 Å². The Kier molecular flexibility index (Phi) is 8.59. The van der Waals surface area contributed by atoms with Crippen molar-refractivity contribution in [2.24, 2.45) is 17.5 Å². The summed E-state index contributed by atoms with van der Waals surface area (Å²) in [6.45, 7) is 8.25. The molecule has 0 spiro atoms. The van der Waals surface area contributed by atoms with E-state index in [1.54, 1.807) is 11.0 Å². The van der Waals surface area contributed by atoms with Crippen LogP contribution >= 0.6 is 24.0 Å². The lowest BCUT2D eigenvalue weighted by atomic mass is 9.64. The maximum atomic E-state index is 6.03. The van der Waals surface area contributed by atoms with Crippen LogP contribution in [-0.2, 0) is 18.3 Å². The molecule has 1 fully saturated rings. The van der Waals surface area contributed by atoms with Crippen molar-refractivity contribution in [3.63, 3.8) is 0 Å². The molecule has 1 aromatic rings. The molecular formula is C17H33IN6O. The van der Waals surface area contributed by atoms with Crippen LogP contribution in [0.15, 0.2) is 11.3 Å². The van der Waals surface area contributed by atoms with Gasteiger partial charge in [-0.1, -0.05) is 27.2 Å². The van der Waals surface area contributed by atoms with Crippen LogP contribution in [0.4, 0.5) is 0 Å². The second kappa shape index (κ2) is 9.70. The SMILES string of the molecule is CCCCOC1CC(NC(=NC)N(C)Cc2ncnn2C)C1(C)C.I. The summed E-state index contributed by atoms with van der Waals surface area (Å²) in [5.74, 6) is 1.79. The van der Waals surface area contributed by atoms with Crippen molar-refractivity contribution in [3.8, 4) is 0 Å². The summed E-state index contributed by atoms with van der Waals surface area (Å²) in [5.41, 5.74) is 0.106. The molecule has 0 saturated heterocycles. The molecule has 0 amide bonds. The Morgan fingerprint density at radius 3 is 2.76 bits per heavy atom. The van der Waals surface area contributed by atoms with Crippen LogP contribution < -0.4 is 5.32 Å². The number of hydrogen-bond donors (Lipinski definition) is 1. The van der Waals surface area contributed by atoms with E-state index < -0.39 is 0 Å². The largest absolute Gasteiger partial charge is 0.378 e. The number of aromatic nitrogens is 3. The van der Waals surface area contributed by atoms with E-state index in [1.165, 1.54) is 6.42 Å². The maximum Gasteiger partial charge on any atom is 0.194 e. The molecule has 2 rings (SSSR count). The van der Waals surface area contributed by atoms with Crippen LogP contribution in [0.1, 0.15) is 45.9 Å². The van der Waals surface area contributed by atoms with Crippen LogP contribution in [0.25, 0.3) is 0 Å². The lowest BCUT2D eigenvalue weighted by Crippen LogP contribution is -2.63. The van der Waals surface area contributed by atoms with Gasteiger partial charge in [0.05, 0.1) is 12.6 Å². The van der Waals surface area contributed by atoms with Gasteiger partial charge in [-0.15, -0.1) is 24.0 Å². The van der Waals surface area contributed by atoms with Crippen LogP contribution in [0.3, 0.4) is 0 Å². The molecule has 7 nitrogen and oxygen atoms in total. The molecule has 1 aromatic heterocycles. The number of aryl methyl sites for hydroxylation is 1. The molecule has 1 heterocycles. The van der Waals surface area contributed by atoms with E-state index in [0.29, 0.717) is 18.7 Å². The molecule has 0 aromatic carbocycles. The number of rotatable bonds is 7. The van der Waals surface area contributed by atoms with Crippen molar-refractivity contribution in [3.05, 3.63) is 12.2 Å². The number of unbranched alkanes of at least 4 members (excludes halogenated alkanes) is 1. The highest BCUT2D eigenvalue weighted by atomic mass is 127. The lowest BCUT2D eigenvalue weighted by molar-refractivity contribution is -0.114. The van der Waals surface area contributed by atoms with Gasteiger partial charge in [0.1, 0.15) is 12.2 Å². The van der Waals surface area contributed by atoms with Gasteiger partial charge < -0.3 is 15.0 Å². The van der Waals surface area contributed by atoms with E-state index in [2.05, 4.69) is 46.1 Å². The fraction of sp³-hybridized carbons (Fsp3) is 0.824. The van der Waals surface area contributed by atoms with Gasteiger partial charge in [-0.25, -0.2) is 4.98 Å². The summed E-state index contributed by atoms with van der Waals surface area (Å²) in [6, 6.07) is 0.366. The molecule has 144 valence electrons. The highest BCUT2D eigenvalue weighted by Gasteiger charge is 2.49. The van der Waals surface area contributed by atoms with Crippen LogP contribution in [0.5, 0.6) is 0 Å². The first-order valence-corrected chi connectivity index (χ1v) is 8.79. The van der Waals surface area contributed by atoms with Crippen LogP contribution in [0, 0.1) is 5.41 Å². The minimum Gasteiger partial charge on any atom is -0.378 e. The van der Waals surface area contributed by atoms with Gasteiger partial charge in [-0.2, -0.15) is 5.10 Å². The van der Waals surface area contributed by atoms with Crippen molar-refractivity contribution in [2.45, 2.75) is 58.7 Å². The molecule has 2 atom stereocenters. The Morgan fingerprint density at radius 2 is 2.24 bits per heavy atom. The minimum absolute atomic E-state index is 0. The van der Waals surface area contributed by atoms with Crippen molar-refractivity contribution < 1.29 is 4.74 Å². The topological polar surface area (TPSA) is 67.6 Å². The zero-order valence-electron chi connectivity index (χ0n) is 16.3. The van der Waals surface area contributed by atoms with Crippen LogP contribution in [-0.4, -0.2) is 58.5 Å². The van der Waals surface area contributed by atoms with E-state index in [4.69, 9.17) is 4.74 Å². The van der Waals surface area contributed by atoms with Gasteiger partial charge >= 0.3 is 0 Å². The van der Waals surface area contributed by atoms with E-state index in [9.17, 15) is 0 Å². The lowest BCUT2D eigenvalue weighted by Gasteiger charge is -2.52. The summed E-state index contributed by atoms with van der Waals surface area (Å²) in [7, 11) is 5.74. The highest BCUT2D eigenvalue weighted by molar-refractivity contribution is 14.0. The van der Waals surface area contributed by atoms with Gasteiger partial charge in [0.15, 0.2) is 5.96 Å². The average Bonchev–Trinajstić information content (AvgIpc) is 2.94. The van der Waals surface area contributed by atoms with E-state index in [-0.39, 0.29) is 29.4 Å². The summed E-state index contributed by atoms with van der Waals surface area (Å²) < 4.78 is 7.81. The van der Waals surface area contributed by atoms with Gasteiger partial charge in [0.2, 0.25) is 0 Å². The molecule has 1 N–H and O–H groups in total. The molecule has 0 radical (unpaired) electrons. The highest BCUT2D eigenvalue weighted by Crippen LogP contribution is 2.42. The molecule has 1 aliphatic rings. The van der Waals surface area contributed by atoms with Gasteiger partial charge in [0, 0.05) is 39.2 Å². The summed E-state index contributed by atoms with van der Waals surface area (Å²) in [4.78, 5) is 10.8. The average molecular weight is 464 g/mol. The number of ether oxygens (including phenoxy) is 1. The molecule has 1 aliphatic carbocycles. The Bertz CT molecular complexity index is 559. The number of hydrogen-bond acceptors (Lipinski definition) is 4. The fourth-order valence-electron chi connectivity index (χ4n) is 3.03. The number of halogens is 1. The molecule has 1 saturated carbocycles. The zero-order valence-corrected chi connectivity index (χ0v) is 18.7. The Morgan fingerprint density at radius 1 is 1.52 bits per heavy atom. The first-order valence-electron chi connectivity index (χ1n) is 8.79. The Hall–Kier alpha value is -0.900. The third-order valence-electron chi connectivity index (χ3n) is 5.06. The van der Waals surface area contributed by atoms with E-state index in [1.807, 2.05) is 21.1 Å². The monoisotopic (exact) mass is 464 g/mol. The zero-order chi connectivity index (χ0) is 17.7. The maximum absolute atomic E-state index is 6.03. The first-order chi connectivity index (χ1) is 11.4. The minimum atomic E-state index is 0. The fourth-order valence-corrected chi connectivity index (χ4v) is 3.03. The van der Waals surface area contributed by atoms with E-state index >= 15 is 0 Å². The second-order valence-electron chi connectivity index (χ2n) is 7.17. The number of nitrogens with one attached hydrogen (secondary N) is 1. The number of nitrogens with zero attached hydrogens (tertiary/aromatic N) is 5. The molecule has 0 bridgehead atoms. The third-order valence-corrected chi connectivity index (χ3v) is 5.06. The summed E-state index contributed by atoms with van der Waals surface area (Å²) in [6.07, 6.45) is 5.23. The van der Waals surface area contributed by atoms with Gasteiger partial charge in [0.25, 0.3) is 0 Å². The predicted molar refractivity (Wildman–Crippen MR) is 111 cm³/mol. The van der Waals surface area contributed by atoms with Gasteiger partial charge in [-0.05, 0) is 12.8 Å². The number of guanidine groups is 1. The van der Waals surface area contributed by atoms with Crippen LogP contribution in [0.2, 0.25) is 0 Å². The smallest absolute Gasteiger partial charge is 0.194 e. The second-order valence-corrected chi connectivity index (χ2v) is 7.17. The predicted octanol–water partition coefficient (Wildman–Crippen LogP) is 2.42. The van der Waals surface area contributed by atoms with Crippen molar-refractivity contribution in [1.82, 2.24) is 25.0 Å². The summed E-state index contributed by atoms with van der Waals surface area (Å²) >= 11 is 0. The normalized spacial score (nSPS) is 22.1. The molecule has 2 unspecified atom stereocenters. The molecule has 25 heavy (non-hydrogen) atoms. The molecular weight excluding hydrogens is 431 g/mol. The van der Waals surface area contributed by atoms with E-state index in [0.717, 1.165) is 31.2 Å². The van der Waals surface area contributed by atoms with Gasteiger partial charge in [-0.3, -0.25) is 9.67 Å².